The van der Waals surface area contributed by atoms with Crippen molar-refractivity contribution in [2.75, 3.05) is 24.7 Å². The number of nitrogens with zero attached hydrogens (tertiary/aromatic N) is 1. The molecule has 51 heavy (non-hydrogen) atoms. The molecule has 0 unspecified atom stereocenters. The second-order valence-corrected chi connectivity index (χ2v) is 13.0. The molecule has 0 aromatic heterocycles. The van der Waals surface area contributed by atoms with Gasteiger partial charge in [-0.15, -0.1) is 0 Å². The lowest BCUT2D eigenvalue weighted by Crippen LogP contribution is -2.55. The summed E-state index contributed by atoms with van der Waals surface area (Å²) in [6, 6.07) is 23.0. The summed E-state index contributed by atoms with van der Waals surface area (Å²) in [5.74, 6) is -3.25. The molecule has 2 aliphatic rings. The number of carbonyl (C=O) groups is 3. The van der Waals surface area contributed by atoms with Crippen molar-refractivity contribution < 1.29 is 48.0 Å². The van der Waals surface area contributed by atoms with Crippen LogP contribution in [0.1, 0.15) is 59.7 Å². The van der Waals surface area contributed by atoms with Gasteiger partial charge in [-0.25, -0.2) is 13.6 Å². The quantitative estimate of drug-likeness (QED) is 0.118. The van der Waals surface area contributed by atoms with Gasteiger partial charge in [-0.1, -0.05) is 48.5 Å². The Hall–Kier alpha value is -5.17. The van der Waals surface area contributed by atoms with Gasteiger partial charge in [-0.3, -0.25) is 9.59 Å². The Morgan fingerprint density at radius 3 is 2.10 bits per heavy atom. The van der Waals surface area contributed by atoms with Crippen LogP contribution in [0.3, 0.4) is 0 Å². The van der Waals surface area contributed by atoms with Gasteiger partial charge in [0, 0.05) is 5.69 Å². The number of ether oxygens (including phenoxy) is 2. The molecule has 6 rings (SSSR count). The zero-order valence-corrected chi connectivity index (χ0v) is 27.6. The Morgan fingerprint density at radius 1 is 0.902 bits per heavy atom. The number of aliphatic carboxylic acids is 1. The van der Waals surface area contributed by atoms with Gasteiger partial charge >= 0.3 is 5.97 Å². The highest BCUT2D eigenvalue weighted by molar-refractivity contribution is 6.03. The van der Waals surface area contributed by atoms with E-state index in [1.54, 1.807) is 17.0 Å². The van der Waals surface area contributed by atoms with Gasteiger partial charge < -0.3 is 35.0 Å². The second-order valence-electron chi connectivity index (χ2n) is 13.0. The van der Waals surface area contributed by atoms with E-state index < -0.39 is 47.2 Å². The molecule has 12 heteroatoms. The van der Waals surface area contributed by atoms with Crippen LogP contribution < -0.4 is 10.2 Å². The van der Waals surface area contributed by atoms with Crippen molar-refractivity contribution in [1.82, 2.24) is 5.32 Å². The molecule has 266 valence electrons. The van der Waals surface area contributed by atoms with Crippen LogP contribution in [0.2, 0.25) is 0 Å². The maximum absolute atomic E-state index is 13.7. The number of benzene rings is 4. The van der Waals surface area contributed by atoms with E-state index in [9.17, 15) is 38.5 Å². The lowest BCUT2D eigenvalue weighted by Gasteiger charge is -2.48. The number of aryl methyl sites for hydroxylation is 1. The number of amides is 2. The predicted molar refractivity (Wildman–Crippen MR) is 182 cm³/mol. The number of phenols is 1. The molecule has 4 N–H and O–H groups in total. The van der Waals surface area contributed by atoms with E-state index in [4.69, 9.17) is 9.47 Å². The average Bonchev–Trinajstić information content (AvgIpc) is 3.10. The van der Waals surface area contributed by atoms with E-state index in [-0.39, 0.29) is 37.5 Å². The summed E-state index contributed by atoms with van der Waals surface area (Å²) < 4.78 is 38.5. The minimum absolute atomic E-state index is 0.0239. The van der Waals surface area contributed by atoms with Gasteiger partial charge in [-0.05, 0) is 96.5 Å². The number of nitrogens with one attached hydrogen (secondary N) is 1. The lowest BCUT2D eigenvalue weighted by atomic mass is 9.78. The third-order valence-corrected chi connectivity index (χ3v) is 9.53. The van der Waals surface area contributed by atoms with Crippen LogP contribution in [-0.2, 0) is 30.3 Å². The fourth-order valence-electron chi connectivity index (χ4n) is 6.55. The summed E-state index contributed by atoms with van der Waals surface area (Å²) in [7, 11) is 0. The number of rotatable bonds is 15. The van der Waals surface area contributed by atoms with Crippen LogP contribution in [0.5, 0.6) is 5.75 Å². The van der Waals surface area contributed by atoms with Crippen LogP contribution in [0, 0.1) is 17.6 Å². The van der Waals surface area contributed by atoms with Crippen molar-refractivity contribution >= 4 is 23.5 Å². The molecule has 0 aliphatic carbocycles. The Bertz CT molecular complexity index is 1830. The summed E-state index contributed by atoms with van der Waals surface area (Å²) in [5, 5.41) is 32.3. The molecular formula is C39H38F2N2O8. The number of carbonyl (C=O) groups excluding carboxylic acids is 2. The number of hydrogen-bond acceptors (Lipinski definition) is 7. The predicted octanol–water partition coefficient (Wildman–Crippen LogP) is 5.55. The zero-order valence-electron chi connectivity index (χ0n) is 27.6. The first-order chi connectivity index (χ1) is 24.5. The molecule has 0 bridgehead atoms. The first kappa shape index (κ1) is 35.6. The number of β-lactam (4-membered cyclic amide) rings is 1. The number of anilines is 1. The summed E-state index contributed by atoms with van der Waals surface area (Å²) in [6.45, 7) is 0.193. The second kappa shape index (κ2) is 15.4. The van der Waals surface area contributed by atoms with Gasteiger partial charge in [0.2, 0.25) is 11.8 Å². The molecule has 4 aromatic carbocycles. The largest absolute Gasteiger partial charge is 0.508 e. The van der Waals surface area contributed by atoms with E-state index in [0.717, 1.165) is 11.1 Å². The maximum Gasteiger partial charge on any atom is 0.330 e. The third kappa shape index (κ3) is 8.25. The number of hydrogen-bond donors (Lipinski definition) is 4. The fourth-order valence-corrected chi connectivity index (χ4v) is 6.55. The van der Waals surface area contributed by atoms with Crippen LogP contribution in [0.15, 0.2) is 97.1 Å². The molecule has 2 aliphatic heterocycles. The van der Waals surface area contributed by atoms with E-state index in [1.165, 1.54) is 60.7 Å². The number of aliphatic hydroxyl groups excluding tert-OH is 1. The third-order valence-electron chi connectivity index (χ3n) is 9.53. The topological polar surface area (TPSA) is 146 Å². The molecule has 10 nitrogen and oxygen atoms in total. The number of aromatic hydroxyl groups is 1. The minimum Gasteiger partial charge on any atom is -0.508 e. The number of carboxylic acids is 1. The zero-order chi connectivity index (χ0) is 36.1. The van der Waals surface area contributed by atoms with E-state index in [1.807, 2.05) is 24.3 Å². The summed E-state index contributed by atoms with van der Waals surface area (Å²) in [5.41, 5.74) is 2.58. The van der Waals surface area contributed by atoms with E-state index in [0.29, 0.717) is 42.5 Å². The van der Waals surface area contributed by atoms with Crippen molar-refractivity contribution in [3.63, 3.8) is 0 Å². The summed E-state index contributed by atoms with van der Waals surface area (Å²) in [6.07, 6.45) is 0.943. The van der Waals surface area contributed by atoms with Gasteiger partial charge in [0.1, 0.15) is 29.6 Å². The highest BCUT2D eigenvalue weighted by Crippen LogP contribution is 2.46. The van der Waals surface area contributed by atoms with Gasteiger partial charge in [0.15, 0.2) is 6.04 Å². The first-order valence-corrected chi connectivity index (χ1v) is 16.7. The first-order valence-electron chi connectivity index (χ1n) is 16.7. The molecule has 2 amide bonds. The molecule has 4 aromatic rings. The smallest absolute Gasteiger partial charge is 0.330 e. The van der Waals surface area contributed by atoms with Gasteiger partial charge in [-0.2, -0.15) is 0 Å². The maximum atomic E-state index is 13.7. The number of phenolic OH excluding ortho intramolecular Hbond substituents is 1. The van der Waals surface area contributed by atoms with Crippen LogP contribution >= 0.6 is 0 Å². The molecule has 2 heterocycles. The molecule has 0 radical (unpaired) electrons. The standard InChI is InChI=1S/C39H38F2N2O8/c40-28-9-5-25(6-10-28)33(45)18-17-32-36(43(37(32)47)30-13-11-29(41)12-14-30)27-3-1-24(2-4-27)19-20-39(22-50-23-39)51-21-34(46)42-35(38(48)49)26-7-15-31(44)16-8-26/h1-16,32-33,35-36,44-45H,17-23H2,(H,42,46)(H,48,49)/t32-,33+,35-,36-/m1/s1. The van der Waals surface area contributed by atoms with E-state index >= 15 is 0 Å². The van der Waals surface area contributed by atoms with E-state index in [2.05, 4.69) is 5.32 Å². The Balaban J connectivity index is 1.08. The number of carboxylic acid groups (broad SMARTS) is 1. The SMILES string of the molecule is O=C(COC1(CCc2ccc([C@@H]3[C@@H](CC[C@H](O)c4ccc(F)cc4)C(=O)N3c3ccc(F)cc3)cc2)COC1)N[C@@H](C(=O)O)c1ccc(O)cc1. The normalized spacial score (nSPS) is 19.0. The Labute approximate surface area is 293 Å². The molecule has 4 atom stereocenters. The van der Waals surface area contributed by atoms with Crippen molar-refractivity contribution in [3.8, 4) is 5.75 Å². The summed E-state index contributed by atoms with van der Waals surface area (Å²) in [4.78, 5) is 39.6. The van der Waals surface area contributed by atoms with Gasteiger partial charge in [0.05, 0.1) is 31.3 Å². The highest BCUT2D eigenvalue weighted by atomic mass is 19.1. The van der Waals surface area contributed by atoms with Crippen molar-refractivity contribution in [1.29, 1.82) is 0 Å². The molecule has 0 saturated carbocycles. The van der Waals surface area contributed by atoms with Crippen molar-refractivity contribution in [3.05, 3.63) is 131 Å². The Kier molecular flexibility index (Phi) is 10.8. The molecule has 2 saturated heterocycles. The lowest BCUT2D eigenvalue weighted by molar-refractivity contribution is -0.212. The van der Waals surface area contributed by atoms with Crippen LogP contribution in [-0.4, -0.2) is 58.5 Å². The van der Waals surface area contributed by atoms with Crippen LogP contribution in [0.4, 0.5) is 14.5 Å². The Morgan fingerprint density at radius 2 is 1.51 bits per heavy atom. The van der Waals surface area contributed by atoms with Gasteiger partial charge in [0.25, 0.3) is 0 Å². The number of aliphatic hydroxyl groups is 1. The van der Waals surface area contributed by atoms with Crippen molar-refractivity contribution in [2.45, 2.75) is 49.5 Å². The summed E-state index contributed by atoms with van der Waals surface area (Å²) >= 11 is 0. The molecular weight excluding hydrogens is 662 g/mol. The minimum atomic E-state index is -1.31. The molecule has 0 spiro atoms. The monoisotopic (exact) mass is 700 g/mol. The average molecular weight is 701 g/mol. The molecule has 2 fully saturated rings. The number of halogens is 2. The fraction of sp³-hybridized carbons (Fsp3) is 0.308. The van der Waals surface area contributed by atoms with Crippen LogP contribution in [0.25, 0.3) is 0 Å². The van der Waals surface area contributed by atoms with Crippen molar-refractivity contribution in [2.24, 2.45) is 5.92 Å². The highest BCUT2D eigenvalue weighted by Gasteiger charge is 2.48.